The van der Waals surface area contributed by atoms with Crippen molar-refractivity contribution in [2.24, 2.45) is 5.92 Å². The van der Waals surface area contributed by atoms with Gasteiger partial charge in [-0.15, -0.1) is 0 Å². The van der Waals surface area contributed by atoms with Gasteiger partial charge in [-0.1, -0.05) is 13.0 Å². The first kappa shape index (κ1) is 15.3. The van der Waals surface area contributed by atoms with E-state index < -0.39 is 0 Å². The van der Waals surface area contributed by atoms with E-state index in [1.807, 2.05) is 19.1 Å². The van der Waals surface area contributed by atoms with Crippen LogP contribution in [-0.2, 0) is 6.54 Å². The molecule has 0 spiro atoms. The molecule has 0 aromatic heterocycles. The van der Waals surface area contributed by atoms with Crippen molar-refractivity contribution in [3.05, 3.63) is 29.6 Å². The summed E-state index contributed by atoms with van der Waals surface area (Å²) in [7, 11) is 0. The molecule has 0 amide bonds. The minimum atomic E-state index is -0.134. The molecule has 1 aromatic rings. The summed E-state index contributed by atoms with van der Waals surface area (Å²) in [5.41, 5.74) is 1.69. The summed E-state index contributed by atoms with van der Waals surface area (Å²) < 4.78 is 14.3. The molecule has 112 valence electrons. The van der Waals surface area contributed by atoms with E-state index in [4.69, 9.17) is 5.11 Å². The first-order valence-electron chi connectivity index (χ1n) is 7.59. The van der Waals surface area contributed by atoms with Crippen molar-refractivity contribution in [3.8, 4) is 0 Å². The standard InChI is InChI=1S/C16H25FN2O/c1-2-18-11-14-5-6-16(15(17)10-14)19-8-3-4-13(12-19)7-9-20/h5-6,10,13,18,20H,2-4,7-9,11-12H2,1H3. The number of hydrogen-bond donors (Lipinski definition) is 2. The zero-order valence-corrected chi connectivity index (χ0v) is 12.2. The molecule has 1 aromatic carbocycles. The number of halogens is 1. The van der Waals surface area contributed by atoms with Crippen LogP contribution in [0.15, 0.2) is 18.2 Å². The third-order valence-electron chi connectivity index (χ3n) is 3.99. The average Bonchev–Trinajstić information content (AvgIpc) is 2.46. The third kappa shape index (κ3) is 3.93. The lowest BCUT2D eigenvalue weighted by molar-refractivity contribution is 0.244. The number of nitrogens with zero attached hydrogens (tertiary/aromatic N) is 1. The zero-order valence-electron chi connectivity index (χ0n) is 12.2. The topological polar surface area (TPSA) is 35.5 Å². The predicted molar refractivity (Wildman–Crippen MR) is 80.4 cm³/mol. The Kier molecular flexibility index (Phi) is 5.80. The molecule has 0 radical (unpaired) electrons. The Bertz CT molecular complexity index is 423. The molecule has 0 bridgehead atoms. The van der Waals surface area contributed by atoms with Crippen LogP contribution in [0.1, 0.15) is 31.7 Å². The lowest BCUT2D eigenvalue weighted by Crippen LogP contribution is -2.36. The summed E-state index contributed by atoms with van der Waals surface area (Å²) in [6, 6.07) is 5.52. The van der Waals surface area contributed by atoms with Crippen molar-refractivity contribution in [2.45, 2.75) is 32.7 Å². The van der Waals surface area contributed by atoms with E-state index in [0.29, 0.717) is 18.2 Å². The number of hydrogen-bond acceptors (Lipinski definition) is 3. The van der Waals surface area contributed by atoms with Gasteiger partial charge in [0.25, 0.3) is 0 Å². The van der Waals surface area contributed by atoms with Gasteiger partial charge in [0.15, 0.2) is 0 Å². The SMILES string of the molecule is CCNCc1ccc(N2CCCC(CCO)C2)c(F)c1. The molecule has 1 aliphatic heterocycles. The Labute approximate surface area is 120 Å². The van der Waals surface area contributed by atoms with Gasteiger partial charge in [-0.25, -0.2) is 4.39 Å². The molecule has 1 unspecified atom stereocenters. The molecule has 0 saturated carbocycles. The van der Waals surface area contributed by atoms with Gasteiger partial charge in [0.2, 0.25) is 0 Å². The molecule has 1 atom stereocenters. The summed E-state index contributed by atoms with van der Waals surface area (Å²) in [6.45, 7) is 5.62. The Hall–Kier alpha value is -1.13. The number of aliphatic hydroxyl groups is 1. The Morgan fingerprint density at radius 1 is 1.45 bits per heavy atom. The van der Waals surface area contributed by atoms with Crippen molar-refractivity contribution in [1.82, 2.24) is 5.32 Å². The van der Waals surface area contributed by atoms with Gasteiger partial charge in [0.05, 0.1) is 5.69 Å². The minimum absolute atomic E-state index is 0.134. The quantitative estimate of drug-likeness (QED) is 0.840. The lowest BCUT2D eigenvalue weighted by atomic mass is 9.94. The molecule has 1 saturated heterocycles. The maximum atomic E-state index is 14.3. The second kappa shape index (κ2) is 7.60. The van der Waals surface area contributed by atoms with Crippen LogP contribution in [0.5, 0.6) is 0 Å². The number of nitrogens with one attached hydrogen (secondary N) is 1. The second-order valence-corrected chi connectivity index (χ2v) is 5.53. The molecule has 1 fully saturated rings. The fraction of sp³-hybridized carbons (Fsp3) is 0.625. The highest BCUT2D eigenvalue weighted by Crippen LogP contribution is 2.27. The van der Waals surface area contributed by atoms with Crippen LogP contribution in [0.2, 0.25) is 0 Å². The zero-order chi connectivity index (χ0) is 14.4. The van der Waals surface area contributed by atoms with E-state index >= 15 is 0 Å². The average molecular weight is 280 g/mol. The van der Waals surface area contributed by atoms with Crippen molar-refractivity contribution >= 4 is 5.69 Å². The Balaban J connectivity index is 2.04. The van der Waals surface area contributed by atoms with Crippen molar-refractivity contribution in [1.29, 1.82) is 0 Å². The first-order chi connectivity index (χ1) is 9.74. The number of piperidine rings is 1. The second-order valence-electron chi connectivity index (χ2n) is 5.53. The number of aliphatic hydroxyl groups excluding tert-OH is 1. The molecular formula is C16H25FN2O. The number of rotatable bonds is 6. The maximum absolute atomic E-state index is 14.3. The summed E-state index contributed by atoms with van der Waals surface area (Å²) in [6.07, 6.45) is 3.02. The molecule has 4 heteroatoms. The monoisotopic (exact) mass is 280 g/mol. The highest BCUT2D eigenvalue weighted by Gasteiger charge is 2.21. The van der Waals surface area contributed by atoms with Gasteiger partial charge < -0.3 is 15.3 Å². The van der Waals surface area contributed by atoms with E-state index in [1.165, 1.54) is 0 Å². The molecule has 1 heterocycles. The van der Waals surface area contributed by atoms with Gasteiger partial charge in [0, 0.05) is 26.2 Å². The van der Waals surface area contributed by atoms with E-state index in [-0.39, 0.29) is 12.4 Å². The first-order valence-corrected chi connectivity index (χ1v) is 7.59. The maximum Gasteiger partial charge on any atom is 0.146 e. The van der Waals surface area contributed by atoms with Crippen molar-refractivity contribution in [3.63, 3.8) is 0 Å². The lowest BCUT2D eigenvalue weighted by Gasteiger charge is -2.34. The normalized spacial score (nSPS) is 19.4. The molecule has 2 rings (SSSR count). The van der Waals surface area contributed by atoms with Gasteiger partial charge in [0.1, 0.15) is 5.82 Å². The van der Waals surface area contributed by atoms with E-state index in [0.717, 1.165) is 44.5 Å². The van der Waals surface area contributed by atoms with Gasteiger partial charge in [-0.05, 0) is 49.4 Å². The minimum Gasteiger partial charge on any atom is -0.396 e. The van der Waals surface area contributed by atoms with Crippen LogP contribution in [0.4, 0.5) is 10.1 Å². The summed E-state index contributed by atoms with van der Waals surface area (Å²) in [4.78, 5) is 2.12. The van der Waals surface area contributed by atoms with Crippen LogP contribution in [-0.4, -0.2) is 31.3 Å². The molecular weight excluding hydrogens is 255 g/mol. The smallest absolute Gasteiger partial charge is 0.146 e. The number of anilines is 1. The molecule has 2 N–H and O–H groups in total. The Morgan fingerprint density at radius 2 is 2.30 bits per heavy atom. The van der Waals surface area contributed by atoms with Crippen molar-refractivity contribution in [2.75, 3.05) is 31.1 Å². The van der Waals surface area contributed by atoms with Gasteiger partial charge in [-0.3, -0.25) is 0 Å². The van der Waals surface area contributed by atoms with Crippen molar-refractivity contribution < 1.29 is 9.50 Å². The van der Waals surface area contributed by atoms with Crippen LogP contribution >= 0.6 is 0 Å². The summed E-state index contributed by atoms with van der Waals surface area (Å²) in [5, 5.41) is 12.3. The van der Waals surface area contributed by atoms with Crippen LogP contribution in [0.25, 0.3) is 0 Å². The fourth-order valence-electron chi connectivity index (χ4n) is 2.89. The Morgan fingerprint density at radius 3 is 3.00 bits per heavy atom. The van der Waals surface area contributed by atoms with E-state index in [9.17, 15) is 4.39 Å². The highest BCUT2D eigenvalue weighted by molar-refractivity contribution is 5.49. The predicted octanol–water partition coefficient (Wildman–Crippen LogP) is 2.53. The molecule has 1 aliphatic rings. The molecule has 0 aliphatic carbocycles. The van der Waals surface area contributed by atoms with E-state index in [1.54, 1.807) is 6.07 Å². The van der Waals surface area contributed by atoms with Crippen LogP contribution in [0.3, 0.4) is 0 Å². The third-order valence-corrected chi connectivity index (χ3v) is 3.99. The van der Waals surface area contributed by atoms with E-state index in [2.05, 4.69) is 10.2 Å². The fourth-order valence-corrected chi connectivity index (χ4v) is 2.89. The molecule has 3 nitrogen and oxygen atoms in total. The summed E-state index contributed by atoms with van der Waals surface area (Å²) >= 11 is 0. The van der Waals surface area contributed by atoms with Crippen LogP contribution in [0, 0.1) is 11.7 Å². The molecule has 20 heavy (non-hydrogen) atoms. The van der Waals surface area contributed by atoms with Gasteiger partial charge in [-0.2, -0.15) is 0 Å². The van der Waals surface area contributed by atoms with Gasteiger partial charge >= 0.3 is 0 Å². The van der Waals surface area contributed by atoms with Crippen LogP contribution < -0.4 is 10.2 Å². The largest absolute Gasteiger partial charge is 0.396 e. The summed E-state index contributed by atoms with van der Waals surface area (Å²) in [5.74, 6) is 0.347. The highest BCUT2D eigenvalue weighted by atomic mass is 19.1. The number of benzene rings is 1.